The van der Waals surface area contributed by atoms with Crippen molar-refractivity contribution in [3.05, 3.63) is 29.5 Å². The molecule has 2 rings (SSSR count). The number of hydrogen-bond donors (Lipinski definition) is 2. The highest BCUT2D eigenvalue weighted by Gasteiger charge is 2.19. The van der Waals surface area contributed by atoms with Gasteiger partial charge < -0.3 is 19.5 Å². The van der Waals surface area contributed by atoms with Crippen LogP contribution >= 0.6 is 0 Å². The Hall–Kier alpha value is -2.50. The quantitative estimate of drug-likeness (QED) is 0.864. The number of aromatic carboxylic acids is 1. The van der Waals surface area contributed by atoms with Gasteiger partial charge in [-0.05, 0) is 18.6 Å². The molecule has 2 N–H and O–H groups in total. The fourth-order valence-corrected chi connectivity index (χ4v) is 1.59. The molecule has 0 amide bonds. The van der Waals surface area contributed by atoms with Gasteiger partial charge in [0.25, 0.3) is 0 Å². The third-order valence-corrected chi connectivity index (χ3v) is 2.54. The average molecular weight is 249 g/mol. The Kier molecular flexibility index (Phi) is 2.93. The summed E-state index contributed by atoms with van der Waals surface area (Å²) in [5.74, 6) is -1.14. The first kappa shape index (κ1) is 12.0. The van der Waals surface area contributed by atoms with E-state index in [0.717, 1.165) is 0 Å². The SMILES string of the molecule is COc1ccc(C)c(O)c1-c1cc(C(=O)O)on1. The molecule has 0 fully saturated rings. The van der Waals surface area contributed by atoms with Crippen LogP contribution in [0, 0.1) is 6.92 Å². The lowest BCUT2D eigenvalue weighted by Gasteiger charge is -2.09. The summed E-state index contributed by atoms with van der Waals surface area (Å²) in [5, 5.41) is 22.4. The van der Waals surface area contributed by atoms with E-state index in [2.05, 4.69) is 9.68 Å². The summed E-state index contributed by atoms with van der Waals surface area (Å²) in [6.07, 6.45) is 0. The molecular weight excluding hydrogens is 238 g/mol. The summed E-state index contributed by atoms with van der Waals surface area (Å²) in [6.45, 7) is 1.72. The first-order valence-electron chi connectivity index (χ1n) is 5.11. The van der Waals surface area contributed by atoms with Gasteiger partial charge in [0.1, 0.15) is 17.2 Å². The summed E-state index contributed by atoms with van der Waals surface area (Å²) < 4.78 is 9.77. The molecule has 0 atom stereocenters. The van der Waals surface area contributed by atoms with Crippen LogP contribution in [-0.2, 0) is 0 Å². The molecule has 6 heteroatoms. The first-order valence-corrected chi connectivity index (χ1v) is 5.11. The number of phenolic OH excluding ortho intramolecular Hbond substituents is 1. The highest BCUT2D eigenvalue weighted by Crippen LogP contribution is 2.39. The molecule has 6 nitrogen and oxygen atoms in total. The Morgan fingerprint density at radius 1 is 1.44 bits per heavy atom. The Labute approximate surface area is 102 Å². The monoisotopic (exact) mass is 249 g/mol. The molecule has 0 bridgehead atoms. The summed E-state index contributed by atoms with van der Waals surface area (Å²) >= 11 is 0. The number of aromatic nitrogens is 1. The largest absolute Gasteiger partial charge is 0.507 e. The van der Waals surface area contributed by atoms with E-state index in [1.165, 1.54) is 13.2 Å². The number of benzene rings is 1. The number of aryl methyl sites for hydroxylation is 1. The van der Waals surface area contributed by atoms with E-state index >= 15 is 0 Å². The number of carbonyl (C=O) groups is 1. The van der Waals surface area contributed by atoms with Gasteiger partial charge in [-0.15, -0.1) is 0 Å². The van der Waals surface area contributed by atoms with E-state index in [4.69, 9.17) is 9.84 Å². The zero-order valence-corrected chi connectivity index (χ0v) is 9.80. The van der Waals surface area contributed by atoms with Crippen LogP contribution in [0.15, 0.2) is 22.7 Å². The average Bonchev–Trinajstić information content (AvgIpc) is 2.81. The van der Waals surface area contributed by atoms with Crippen LogP contribution in [0.1, 0.15) is 16.1 Å². The van der Waals surface area contributed by atoms with Crippen molar-refractivity contribution in [1.82, 2.24) is 5.16 Å². The molecule has 0 aliphatic carbocycles. The number of phenols is 1. The Bertz CT molecular complexity index is 603. The summed E-state index contributed by atoms with van der Waals surface area (Å²) in [4.78, 5) is 10.7. The predicted octanol–water partition coefficient (Wildman–Crippen LogP) is 2.06. The number of rotatable bonds is 3. The topological polar surface area (TPSA) is 92.8 Å². The first-order chi connectivity index (χ1) is 8.54. The zero-order chi connectivity index (χ0) is 13.3. The Balaban J connectivity index is 2.61. The van der Waals surface area contributed by atoms with Gasteiger partial charge in [0.2, 0.25) is 5.76 Å². The number of carboxylic acid groups (broad SMARTS) is 1. The molecule has 1 aromatic carbocycles. The number of hydrogen-bond acceptors (Lipinski definition) is 5. The minimum absolute atomic E-state index is 0.0143. The van der Waals surface area contributed by atoms with Crippen molar-refractivity contribution in [2.45, 2.75) is 6.92 Å². The van der Waals surface area contributed by atoms with Gasteiger partial charge >= 0.3 is 5.97 Å². The van der Waals surface area contributed by atoms with Gasteiger partial charge in [0.05, 0.1) is 12.7 Å². The Morgan fingerprint density at radius 2 is 2.17 bits per heavy atom. The molecule has 0 aliphatic rings. The Morgan fingerprint density at radius 3 is 2.72 bits per heavy atom. The van der Waals surface area contributed by atoms with E-state index in [-0.39, 0.29) is 17.2 Å². The van der Waals surface area contributed by atoms with Crippen molar-refractivity contribution in [2.24, 2.45) is 0 Å². The van der Waals surface area contributed by atoms with Crippen molar-refractivity contribution < 1.29 is 24.3 Å². The summed E-state index contributed by atoms with van der Waals surface area (Å²) in [6, 6.07) is 4.59. The van der Waals surface area contributed by atoms with Gasteiger partial charge in [-0.2, -0.15) is 0 Å². The minimum atomic E-state index is -1.22. The van der Waals surface area contributed by atoms with Crippen molar-refractivity contribution >= 4 is 5.97 Å². The third-order valence-electron chi connectivity index (χ3n) is 2.54. The van der Waals surface area contributed by atoms with Gasteiger partial charge in [0.15, 0.2) is 0 Å². The fraction of sp³-hybridized carbons (Fsp3) is 0.167. The van der Waals surface area contributed by atoms with Gasteiger partial charge in [0, 0.05) is 6.07 Å². The highest BCUT2D eigenvalue weighted by molar-refractivity contribution is 5.87. The number of methoxy groups -OCH3 is 1. The molecule has 0 spiro atoms. The van der Waals surface area contributed by atoms with Crippen molar-refractivity contribution in [3.63, 3.8) is 0 Å². The molecule has 0 saturated heterocycles. The van der Waals surface area contributed by atoms with Crippen LogP contribution in [-0.4, -0.2) is 28.4 Å². The maximum absolute atomic E-state index is 10.7. The zero-order valence-electron chi connectivity index (χ0n) is 9.80. The van der Waals surface area contributed by atoms with Crippen LogP contribution in [0.25, 0.3) is 11.3 Å². The van der Waals surface area contributed by atoms with Crippen LogP contribution in [0.4, 0.5) is 0 Å². The normalized spacial score (nSPS) is 10.3. The summed E-state index contributed by atoms with van der Waals surface area (Å²) in [5.41, 5.74) is 1.16. The molecule has 0 radical (unpaired) electrons. The van der Waals surface area contributed by atoms with Crippen molar-refractivity contribution in [1.29, 1.82) is 0 Å². The maximum atomic E-state index is 10.7. The molecular formula is C12H11NO5. The molecule has 0 aliphatic heterocycles. The highest BCUT2D eigenvalue weighted by atomic mass is 16.5. The fourth-order valence-electron chi connectivity index (χ4n) is 1.59. The van der Waals surface area contributed by atoms with Gasteiger partial charge in [-0.1, -0.05) is 11.2 Å². The van der Waals surface area contributed by atoms with E-state index in [9.17, 15) is 9.90 Å². The standard InChI is InChI=1S/C12H11NO5/c1-6-3-4-8(17-2)10(11(6)14)7-5-9(12(15)16)18-13-7/h3-5,14H,1-2H3,(H,15,16). The van der Waals surface area contributed by atoms with Crippen molar-refractivity contribution in [2.75, 3.05) is 7.11 Å². The number of carboxylic acids is 1. The molecule has 18 heavy (non-hydrogen) atoms. The predicted molar refractivity (Wildman–Crippen MR) is 61.9 cm³/mol. The van der Waals surface area contributed by atoms with E-state index < -0.39 is 5.97 Å². The summed E-state index contributed by atoms with van der Waals surface area (Å²) in [7, 11) is 1.45. The van der Waals surface area contributed by atoms with Gasteiger partial charge in [-0.3, -0.25) is 0 Å². The number of aromatic hydroxyl groups is 1. The van der Waals surface area contributed by atoms with Crippen LogP contribution in [0.2, 0.25) is 0 Å². The lowest BCUT2D eigenvalue weighted by atomic mass is 10.1. The minimum Gasteiger partial charge on any atom is -0.507 e. The lowest BCUT2D eigenvalue weighted by Crippen LogP contribution is -1.92. The van der Waals surface area contributed by atoms with Crippen LogP contribution in [0.3, 0.4) is 0 Å². The number of ether oxygens (including phenoxy) is 1. The van der Waals surface area contributed by atoms with Crippen LogP contribution < -0.4 is 4.74 Å². The molecule has 2 aromatic rings. The second-order valence-electron chi connectivity index (χ2n) is 3.69. The molecule has 0 unspecified atom stereocenters. The second kappa shape index (κ2) is 4.40. The smallest absolute Gasteiger partial charge is 0.374 e. The van der Waals surface area contributed by atoms with E-state index in [1.807, 2.05) is 0 Å². The molecule has 94 valence electrons. The second-order valence-corrected chi connectivity index (χ2v) is 3.69. The molecule has 0 saturated carbocycles. The maximum Gasteiger partial charge on any atom is 0.374 e. The van der Waals surface area contributed by atoms with Crippen LogP contribution in [0.5, 0.6) is 11.5 Å². The van der Waals surface area contributed by atoms with Crippen molar-refractivity contribution in [3.8, 4) is 22.8 Å². The third kappa shape index (κ3) is 1.88. The van der Waals surface area contributed by atoms with Gasteiger partial charge in [-0.25, -0.2) is 4.79 Å². The lowest BCUT2D eigenvalue weighted by molar-refractivity contribution is 0.0652. The van der Waals surface area contributed by atoms with E-state index in [1.54, 1.807) is 19.1 Å². The number of nitrogens with zero attached hydrogens (tertiary/aromatic N) is 1. The molecule has 1 aromatic heterocycles. The van der Waals surface area contributed by atoms with E-state index in [0.29, 0.717) is 16.9 Å². The molecule has 1 heterocycles.